The number of imidazole rings is 1. The monoisotopic (exact) mass is 1210 g/mol. The quantitative estimate of drug-likeness (QED) is 0.154. The minimum Gasteiger partial charge on any atom is -0.507 e. The van der Waals surface area contributed by atoms with Gasteiger partial charge in [0, 0.05) is 44.1 Å². The molecular weight excluding hydrogens is 1130 g/mol. The zero-order chi connectivity index (χ0) is 55.0. The number of pyridine rings is 1. The third-order valence-corrected chi connectivity index (χ3v) is 16.5. The van der Waals surface area contributed by atoms with E-state index in [-0.39, 0.29) is 48.5 Å². The number of aromatic hydroxyl groups is 1. The maximum Gasteiger partial charge on any atom is 0.148 e. The first-order valence-corrected chi connectivity index (χ1v) is 28.1. The summed E-state index contributed by atoms with van der Waals surface area (Å²) in [6.07, 6.45) is 7.08. The topological polar surface area (TPSA) is 50.9 Å². The predicted octanol–water partition coefficient (Wildman–Crippen LogP) is 20.1. The third-order valence-electron chi connectivity index (χ3n) is 16.5. The fourth-order valence-corrected chi connectivity index (χ4v) is 11.5. The molecule has 1 aliphatic rings. The van der Waals surface area contributed by atoms with E-state index >= 15 is 0 Å². The molecule has 7 aromatic carbocycles. The van der Waals surface area contributed by atoms with Gasteiger partial charge in [-0.25, -0.2) is 4.98 Å². The molecule has 1 N–H and O–H groups in total. The summed E-state index contributed by atoms with van der Waals surface area (Å²) < 4.78 is 2.29. The summed E-state index contributed by atoms with van der Waals surface area (Å²) in [5.74, 6) is 1.60. The van der Waals surface area contributed by atoms with Crippen molar-refractivity contribution in [1.82, 2.24) is 14.5 Å². The van der Waals surface area contributed by atoms with Crippen LogP contribution in [0.4, 0.5) is 0 Å². The van der Waals surface area contributed by atoms with E-state index in [1.165, 1.54) is 59.1 Å². The fraction of sp³-hybridized carbons (Fsp3) is 0.342. The van der Waals surface area contributed by atoms with E-state index in [0.29, 0.717) is 22.7 Å². The van der Waals surface area contributed by atoms with Crippen molar-refractivity contribution in [3.8, 4) is 78.6 Å². The summed E-state index contributed by atoms with van der Waals surface area (Å²) in [5.41, 5.74) is 21.1. The van der Waals surface area contributed by atoms with Crippen LogP contribution in [0.2, 0.25) is 0 Å². The normalized spacial score (nSPS) is 14.4. The number of rotatable bonds is 8. The molecule has 0 amide bonds. The van der Waals surface area contributed by atoms with E-state index in [9.17, 15) is 5.11 Å². The van der Waals surface area contributed by atoms with E-state index in [1.54, 1.807) is 0 Å². The van der Waals surface area contributed by atoms with Gasteiger partial charge in [-0.1, -0.05) is 211 Å². The second kappa shape index (κ2) is 21.0. The Morgan fingerprint density at radius 2 is 1.15 bits per heavy atom. The van der Waals surface area contributed by atoms with Gasteiger partial charge in [-0.15, -0.1) is 29.3 Å². The minimum absolute atomic E-state index is 0. The number of hydrogen-bond acceptors (Lipinski definition) is 3. The van der Waals surface area contributed by atoms with Crippen LogP contribution in [0.5, 0.6) is 5.75 Å². The molecule has 0 radical (unpaired) electrons. The van der Waals surface area contributed by atoms with Crippen molar-refractivity contribution in [2.75, 3.05) is 0 Å². The number of aryl methyl sites for hydroxylation is 1. The van der Waals surface area contributed by atoms with Crippen LogP contribution in [0, 0.1) is 18.4 Å². The summed E-state index contributed by atoms with van der Waals surface area (Å²) in [4.78, 5) is 10.8. The number of aromatic nitrogens is 3. The zero-order valence-corrected chi connectivity index (χ0v) is 51.2. The second-order valence-corrected chi connectivity index (χ2v) is 27.2. The van der Waals surface area contributed by atoms with Crippen LogP contribution >= 0.6 is 0 Å². The maximum absolute atomic E-state index is 12.7. The SMILES string of the molecule is Cc1cc(C2CCC(C)(C)CC2)ccc1-c1ccc(-c2ccnc(-c3[c-]c(-c4cccc5c4nc(-c4cc(C(C)(C)C)cc(C(C)(C)C)c4O)n5-c4ccc(C(C)(C)C)cc4-c4ccccc4)cc(C(C)(C)C)c3)c2)cc1.[Pt]. The molecule has 404 valence electrons. The summed E-state index contributed by atoms with van der Waals surface area (Å²) in [6.45, 7) is 33.9. The van der Waals surface area contributed by atoms with Gasteiger partial charge in [0.2, 0.25) is 0 Å². The Bertz CT molecular complexity index is 3650. The Balaban J connectivity index is 0.00000740. The first-order valence-electron chi connectivity index (χ1n) is 28.1. The summed E-state index contributed by atoms with van der Waals surface area (Å²) in [5, 5.41) is 12.7. The van der Waals surface area contributed by atoms with Crippen molar-refractivity contribution in [2.24, 2.45) is 5.41 Å². The van der Waals surface area contributed by atoms with Gasteiger partial charge in [0.15, 0.2) is 0 Å². The van der Waals surface area contributed by atoms with Gasteiger partial charge in [-0.05, 0) is 146 Å². The molecule has 9 aromatic rings. The van der Waals surface area contributed by atoms with E-state index in [2.05, 4.69) is 260 Å². The molecule has 0 bridgehead atoms. The van der Waals surface area contributed by atoms with Gasteiger partial charge >= 0.3 is 0 Å². The standard InChI is InChI=1S/C73H80N3O.Pt/c1-46-38-51(48-32-35-73(14,15)36-33-48)28-30-58(46)50-26-24-47(25-27-50)52-34-37-74-63(42-52)54-39-53(40-56(41-54)70(5,6)7)59-22-19-23-65-66(59)75-68(61-44-57(71(8,9)10)45-62(67(61)77)72(11,12)13)76(65)64-31-29-55(69(2,3)4)43-60(64)49-20-17-16-18-21-49;/h16-31,34,37-38,40-45,48,77H,32-33,35-36H2,1-15H3;/q-1;. The van der Waals surface area contributed by atoms with Crippen LogP contribution in [-0.2, 0) is 42.7 Å². The van der Waals surface area contributed by atoms with Crippen molar-refractivity contribution in [3.63, 3.8) is 0 Å². The fourth-order valence-electron chi connectivity index (χ4n) is 11.5. The number of fused-ring (bicyclic) bond motifs is 1. The molecule has 0 saturated heterocycles. The molecule has 0 unspecified atom stereocenters. The molecule has 1 fully saturated rings. The molecule has 2 aromatic heterocycles. The molecule has 0 aliphatic heterocycles. The Morgan fingerprint density at radius 3 is 1.79 bits per heavy atom. The van der Waals surface area contributed by atoms with Crippen LogP contribution in [0.3, 0.4) is 0 Å². The molecule has 1 saturated carbocycles. The summed E-state index contributed by atoms with van der Waals surface area (Å²) in [7, 11) is 0. The number of hydrogen-bond donors (Lipinski definition) is 1. The summed E-state index contributed by atoms with van der Waals surface area (Å²) in [6, 6.07) is 57.3. The molecular formula is C73H80N3OPt-. The molecule has 5 heteroatoms. The van der Waals surface area contributed by atoms with Crippen molar-refractivity contribution in [2.45, 2.75) is 157 Å². The summed E-state index contributed by atoms with van der Waals surface area (Å²) >= 11 is 0. The van der Waals surface area contributed by atoms with Crippen LogP contribution < -0.4 is 0 Å². The maximum atomic E-state index is 12.7. The Hall–Kier alpha value is -6.35. The molecule has 0 spiro atoms. The van der Waals surface area contributed by atoms with E-state index < -0.39 is 0 Å². The smallest absolute Gasteiger partial charge is 0.148 e. The number of phenolic OH excluding ortho intramolecular Hbond substituents is 1. The predicted molar refractivity (Wildman–Crippen MR) is 327 cm³/mol. The van der Waals surface area contributed by atoms with E-state index in [0.717, 1.165) is 72.5 Å². The number of benzene rings is 7. The Kier molecular flexibility index (Phi) is 15.2. The van der Waals surface area contributed by atoms with Crippen LogP contribution in [0.25, 0.3) is 83.9 Å². The number of phenols is 1. The zero-order valence-electron chi connectivity index (χ0n) is 48.9. The van der Waals surface area contributed by atoms with E-state index in [1.807, 2.05) is 6.20 Å². The van der Waals surface area contributed by atoms with E-state index in [4.69, 9.17) is 9.97 Å². The second-order valence-electron chi connectivity index (χ2n) is 27.2. The molecule has 78 heavy (non-hydrogen) atoms. The van der Waals surface area contributed by atoms with Gasteiger partial charge in [-0.2, -0.15) is 0 Å². The van der Waals surface area contributed by atoms with Crippen LogP contribution in [0.15, 0.2) is 152 Å². The van der Waals surface area contributed by atoms with Gasteiger partial charge in [-0.3, -0.25) is 9.55 Å². The van der Waals surface area contributed by atoms with Crippen molar-refractivity contribution in [1.29, 1.82) is 0 Å². The molecule has 2 heterocycles. The average Bonchev–Trinajstić information content (AvgIpc) is 3.91. The molecule has 1 aliphatic carbocycles. The van der Waals surface area contributed by atoms with Gasteiger partial charge in [0.1, 0.15) is 11.6 Å². The average molecular weight is 1210 g/mol. The van der Waals surface area contributed by atoms with Crippen molar-refractivity contribution in [3.05, 3.63) is 191 Å². The first kappa shape index (κ1) is 56.4. The minimum atomic E-state index is -0.336. The first-order chi connectivity index (χ1) is 36.2. The van der Waals surface area contributed by atoms with Crippen molar-refractivity contribution < 1.29 is 26.2 Å². The van der Waals surface area contributed by atoms with Gasteiger partial charge in [0.05, 0.1) is 22.3 Å². The largest absolute Gasteiger partial charge is 0.507 e. The Morgan fingerprint density at radius 1 is 0.538 bits per heavy atom. The Labute approximate surface area is 481 Å². The van der Waals surface area contributed by atoms with Gasteiger partial charge in [0.25, 0.3) is 0 Å². The van der Waals surface area contributed by atoms with Gasteiger partial charge < -0.3 is 5.11 Å². The van der Waals surface area contributed by atoms with Crippen LogP contribution in [-0.4, -0.2) is 19.6 Å². The van der Waals surface area contributed by atoms with Crippen LogP contribution in [0.1, 0.15) is 162 Å². The molecule has 0 atom stereocenters. The third kappa shape index (κ3) is 11.4. The number of nitrogens with zero attached hydrogens (tertiary/aromatic N) is 3. The molecule has 10 rings (SSSR count). The number of para-hydroxylation sites is 1. The molecule has 4 nitrogen and oxygen atoms in total. The van der Waals surface area contributed by atoms with Crippen molar-refractivity contribution >= 4 is 11.0 Å².